The third-order valence-corrected chi connectivity index (χ3v) is 4.77. The van der Waals surface area contributed by atoms with Gasteiger partial charge in [-0.25, -0.2) is 22.2 Å². The van der Waals surface area contributed by atoms with E-state index in [1.807, 2.05) is 0 Å². The van der Waals surface area contributed by atoms with Gasteiger partial charge in [-0.2, -0.15) is 0 Å². The van der Waals surface area contributed by atoms with E-state index in [0.717, 1.165) is 24.6 Å². The summed E-state index contributed by atoms with van der Waals surface area (Å²) in [6.45, 7) is 0. The second-order valence-electron chi connectivity index (χ2n) is 5.73. The van der Waals surface area contributed by atoms with E-state index in [0.29, 0.717) is 0 Å². The Bertz CT molecular complexity index is 1150. The number of pyridine rings is 1. The number of benzene rings is 1. The van der Waals surface area contributed by atoms with Crippen LogP contribution in [0, 0.1) is 11.6 Å². The fourth-order valence-corrected chi connectivity index (χ4v) is 2.90. The van der Waals surface area contributed by atoms with Crippen LogP contribution in [-0.4, -0.2) is 35.8 Å². The number of rotatable bonds is 5. The van der Waals surface area contributed by atoms with Crippen LogP contribution in [0.2, 0.25) is 0 Å². The number of nitrogens with zero attached hydrogens (tertiary/aromatic N) is 3. The van der Waals surface area contributed by atoms with Gasteiger partial charge in [0.05, 0.1) is 16.1 Å². The Labute approximate surface area is 158 Å². The minimum absolute atomic E-state index is 0.000223. The van der Waals surface area contributed by atoms with Crippen molar-refractivity contribution in [2.24, 2.45) is 5.73 Å². The van der Waals surface area contributed by atoms with Crippen molar-refractivity contribution in [1.82, 2.24) is 15.2 Å². The van der Waals surface area contributed by atoms with Gasteiger partial charge in [-0.15, -0.1) is 10.2 Å². The summed E-state index contributed by atoms with van der Waals surface area (Å²) in [5, 5.41) is 10.0. The van der Waals surface area contributed by atoms with Crippen LogP contribution >= 0.6 is 0 Å². The number of halogens is 2. The maximum atomic E-state index is 14.0. The van der Waals surface area contributed by atoms with Gasteiger partial charge < -0.3 is 11.1 Å². The van der Waals surface area contributed by atoms with Crippen molar-refractivity contribution < 1.29 is 22.0 Å². The van der Waals surface area contributed by atoms with E-state index < -0.39 is 32.9 Å². The molecule has 0 spiro atoms. The molecule has 0 radical (unpaired) electrons. The zero-order chi connectivity index (χ0) is 20.5. The van der Waals surface area contributed by atoms with Crippen molar-refractivity contribution in [2.75, 3.05) is 11.6 Å². The molecule has 144 valence electrons. The molecule has 0 unspecified atom stereocenters. The van der Waals surface area contributed by atoms with E-state index in [1.165, 1.54) is 24.3 Å². The van der Waals surface area contributed by atoms with Crippen molar-refractivity contribution >= 4 is 27.2 Å². The second kappa shape index (κ2) is 7.27. The van der Waals surface area contributed by atoms with Gasteiger partial charge in [-0.05, 0) is 30.3 Å². The number of anilines is 2. The second-order valence-corrected chi connectivity index (χ2v) is 7.74. The Balaban J connectivity index is 2.05. The number of aromatic nitrogens is 3. The molecule has 0 aliphatic carbocycles. The van der Waals surface area contributed by atoms with Crippen molar-refractivity contribution in [3.05, 3.63) is 59.9 Å². The van der Waals surface area contributed by atoms with E-state index in [1.54, 1.807) is 0 Å². The molecule has 0 aliphatic rings. The molecule has 3 N–H and O–H groups in total. The van der Waals surface area contributed by atoms with Gasteiger partial charge in [0.2, 0.25) is 0 Å². The maximum absolute atomic E-state index is 14.0. The topological polar surface area (TPSA) is 128 Å². The number of carbonyl (C=O) groups excluding carboxylic acids is 1. The number of amides is 1. The molecule has 11 heteroatoms. The molecule has 0 bridgehead atoms. The number of primary amides is 1. The highest BCUT2D eigenvalue weighted by molar-refractivity contribution is 7.90. The Morgan fingerprint density at radius 3 is 2.32 bits per heavy atom. The van der Waals surface area contributed by atoms with Crippen molar-refractivity contribution in [2.45, 2.75) is 4.90 Å². The van der Waals surface area contributed by atoms with Crippen LogP contribution in [-0.2, 0) is 9.84 Å². The van der Waals surface area contributed by atoms with Gasteiger partial charge in [-0.1, -0.05) is 6.07 Å². The first-order valence-electron chi connectivity index (χ1n) is 7.72. The summed E-state index contributed by atoms with van der Waals surface area (Å²) < 4.78 is 51.0. The molecule has 2 heterocycles. The zero-order valence-electron chi connectivity index (χ0n) is 14.3. The van der Waals surface area contributed by atoms with Crippen LogP contribution in [0.15, 0.2) is 47.5 Å². The average molecular weight is 405 g/mol. The molecule has 28 heavy (non-hydrogen) atoms. The lowest BCUT2D eigenvalue weighted by Gasteiger charge is -2.11. The largest absolute Gasteiger partial charge is 0.364 e. The Morgan fingerprint density at radius 2 is 1.79 bits per heavy atom. The number of hydrogen-bond acceptors (Lipinski definition) is 7. The van der Waals surface area contributed by atoms with Gasteiger partial charge >= 0.3 is 0 Å². The van der Waals surface area contributed by atoms with E-state index >= 15 is 0 Å². The summed E-state index contributed by atoms with van der Waals surface area (Å²) in [7, 11) is -3.44. The predicted octanol–water partition coefficient (Wildman–Crippen LogP) is 2.06. The minimum Gasteiger partial charge on any atom is -0.364 e. The Kier molecular flexibility index (Phi) is 5.01. The van der Waals surface area contributed by atoms with Crippen molar-refractivity contribution in [1.29, 1.82) is 0 Å². The normalized spacial score (nSPS) is 11.2. The minimum atomic E-state index is -3.44. The lowest BCUT2D eigenvalue weighted by molar-refractivity contribution is 0.0995. The van der Waals surface area contributed by atoms with E-state index in [-0.39, 0.29) is 27.8 Å². The van der Waals surface area contributed by atoms with Crippen LogP contribution in [0.1, 0.15) is 10.5 Å². The molecular formula is C17H13F2N5O3S. The van der Waals surface area contributed by atoms with Crippen LogP contribution in [0.5, 0.6) is 0 Å². The fraction of sp³-hybridized carbons (Fsp3) is 0.0588. The molecule has 1 amide bonds. The third kappa shape index (κ3) is 3.93. The highest BCUT2D eigenvalue weighted by atomic mass is 32.2. The molecule has 3 rings (SSSR count). The highest BCUT2D eigenvalue weighted by Gasteiger charge is 2.18. The van der Waals surface area contributed by atoms with Gasteiger partial charge in [0.15, 0.2) is 15.5 Å². The lowest BCUT2D eigenvalue weighted by atomic mass is 10.1. The smallest absolute Gasteiger partial charge is 0.271 e. The van der Waals surface area contributed by atoms with Gasteiger partial charge in [0.1, 0.15) is 23.1 Å². The first-order valence-corrected chi connectivity index (χ1v) is 9.61. The van der Waals surface area contributed by atoms with E-state index in [4.69, 9.17) is 5.73 Å². The van der Waals surface area contributed by atoms with Gasteiger partial charge in [-0.3, -0.25) is 4.79 Å². The SMILES string of the molecule is CS(=O)(=O)c1ccc(Nc2cc(-c3c(F)cccc3F)nnc2C(N)=O)nc1. The molecule has 0 atom stereocenters. The number of nitrogens with two attached hydrogens (primary N) is 1. The molecule has 1 aromatic carbocycles. The summed E-state index contributed by atoms with van der Waals surface area (Å²) in [5.41, 5.74) is 4.39. The standard InChI is InChI=1S/C17H13F2N5O3S/c1-28(26,27)9-5-6-14(21-8-9)22-13-7-12(23-24-16(13)17(20)25)15-10(18)3-2-4-11(15)19/h2-8H,1H3,(H2,20,25)(H,21,22,23). The average Bonchev–Trinajstić information content (AvgIpc) is 2.61. The summed E-state index contributed by atoms with van der Waals surface area (Å²) in [5.74, 6) is -2.49. The summed E-state index contributed by atoms with van der Waals surface area (Å²) in [6, 6.07) is 7.17. The Hall–Kier alpha value is -3.47. The number of hydrogen-bond donors (Lipinski definition) is 2. The molecule has 0 fully saturated rings. The quantitative estimate of drug-likeness (QED) is 0.665. The highest BCUT2D eigenvalue weighted by Crippen LogP contribution is 2.28. The first-order chi connectivity index (χ1) is 13.2. The van der Waals surface area contributed by atoms with Crippen LogP contribution in [0.3, 0.4) is 0 Å². The molecule has 2 aromatic heterocycles. The summed E-state index contributed by atoms with van der Waals surface area (Å²) in [4.78, 5) is 15.5. The van der Waals surface area contributed by atoms with Crippen molar-refractivity contribution in [3.8, 4) is 11.3 Å². The lowest BCUT2D eigenvalue weighted by Crippen LogP contribution is -2.17. The van der Waals surface area contributed by atoms with E-state index in [9.17, 15) is 22.0 Å². The number of sulfone groups is 1. The van der Waals surface area contributed by atoms with Crippen LogP contribution in [0.4, 0.5) is 20.3 Å². The monoisotopic (exact) mass is 405 g/mol. The zero-order valence-corrected chi connectivity index (χ0v) is 15.2. The van der Waals surface area contributed by atoms with Crippen molar-refractivity contribution in [3.63, 3.8) is 0 Å². The summed E-state index contributed by atoms with van der Waals surface area (Å²) in [6.07, 6.45) is 2.15. The van der Waals surface area contributed by atoms with Crippen LogP contribution in [0.25, 0.3) is 11.3 Å². The summed E-state index contributed by atoms with van der Waals surface area (Å²) >= 11 is 0. The molecule has 0 saturated heterocycles. The first kappa shape index (κ1) is 19.3. The van der Waals surface area contributed by atoms with Crippen LogP contribution < -0.4 is 11.1 Å². The fourth-order valence-electron chi connectivity index (χ4n) is 2.35. The maximum Gasteiger partial charge on any atom is 0.271 e. The van der Waals surface area contributed by atoms with Gasteiger partial charge in [0.25, 0.3) is 5.91 Å². The molecule has 8 nitrogen and oxygen atoms in total. The van der Waals surface area contributed by atoms with E-state index in [2.05, 4.69) is 20.5 Å². The number of carbonyl (C=O) groups is 1. The molecular weight excluding hydrogens is 392 g/mol. The number of nitrogens with one attached hydrogen (secondary N) is 1. The molecule has 0 saturated carbocycles. The van der Waals surface area contributed by atoms with Gasteiger partial charge in [0, 0.05) is 12.5 Å². The molecule has 3 aromatic rings. The third-order valence-electron chi connectivity index (χ3n) is 3.67. The predicted molar refractivity (Wildman–Crippen MR) is 96.5 cm³/mol. The Morgan fingerprint density at radius 1 is 1.11 bits per heavy atom. The molecule has 0 aliphatic heterocycles.